The third-order valence-corrected chi connectivity index (χ3v) is 1.92. The SMILES string of the molecule is C=CCNC(=O)NC(N)=NCc1ccccc1.Cl. The molecule has 0 atom stereocenters. The first kappa shape index (κ1) is 16.0. The summed E-state index contributed by atoms with van der Waals surface area (Å²) in [5, 5.41) is 4.95. The highest BCUT2D eigenvalue weighted by Crippen LogP contribution is 1.99. The zero-order chi connectivity index (χ0) is 12.5. The quantitative estimate of drug-likeness (QED) is 0.438. The molecule has 0 bridgehead atoms. The summed E-state index contributed by atoms with van der Waals surface area (Å²) < 4.78 is 0. The Morgan fingerprint density at radius 1 is 1.39 bits per heavy atom. The molecule has 0 aromatic heterocycles. The predicted molar refractivity (Wildman–Crippen MR) is 75.7 cm³/mol. The lowest BCUT2D eigenvalue weighted by Gasteiger charge is -2.04. The molecule has 2 amide bonds. The number of nitrogens with zero attached hydrogens (tertiary/aromatic N) is 1. The van der Waals surface area contributed by atoms with Gasteiger partial charge in [-0.15, -0.1) is 19.0 Å². The van der Waals surface area contributed by atoms with E-state index < -0.39 is 0 Å². The molecule has 0 aliphatic heterocycles. The molecular weight excluding hydrogens is 252 g/mol. The minimum Gasteiger partial charge on any atom is -0.370 e. The summed E-state index contributed by atoms with van der Waals surface area (Å²) in [4.78, 5) is 15.2. The number of urea groups is 1. The molecule has 98 valence electrons. The van der Waals surface area contributed by atoms with Crippen LogP contribution in [-0.4, -0.2) is 18.5 Å². The average Bonchev–Trinajstić information content (AvgIpc) is 2.35. The van der Waals surface area contributed by atoms with Gasteiger partial charge in [0.05, 0.1) is 6.54 Å². The second-order valence-corrected chi connectivity index (χ2v) is 3.31. The van der Waals surface area contributed by atoms with Crippen molar-refractivity contribution >= 4 is 24.4 Å². The molecule has 1 rings (SSSR count). The highest BCUT2D eigenvalue weighted by Gasteiger charge is 1.99. The third-order valence-electron chi connectivity index (χ3n) is 1.92. The summed E-state index contributed by atoms with van der Waals surface area (Å²) in [7, 11) is 0. The molecular formula is C12H17ClN4O. The maximum Gasteiger partial charge on any atom is 0.321 e. The summed E-state index contributed by atoms with van der Waals surface area (Å²) in [5.74, 6) is 0.0930. The Morgan fingerprint density at radius 2 is 2.06 bits per heavy atom. The number of guanidine groups is 1. The fraction of sp³-hybridized carbons (Fsp3) is 0.167. The molecule has 1 aromatic carbocycles. The normalized spacial score (nSPS) is 10.1. The van der Waals surface area contributed by atoms with Gasteiger partial charge in [-0.2, -0.15) is 0 Å². The van der Waals surface area contributed by atoms with E-state index in [1.54, 1.807) is 6.08 Å². The van der Waals surface area contributed by atoms with E-state index in [2.05, 4.69) is 22.2 Å². The standard InChI is InChI=1S/C12H16N4O.ClH/c1-2-8-14-12(17)16-11(13)15-9-10-6-4-3-5-7-10;/h2-7H,1,8-9H2,(H4,13,14,15,16,17);1H. The van der Waals surface area contributed by atoms with Crippen LogP contribution in [-0.2, 0) is 6.54 Å². The summed E-state index contributed by atoms with van der Waals surface area (Å²) in [5.41, 5.74) is 6.58. The van der Waals surface area contributed by atoms with Crippen molar-refractivity contribution in [3.05, 3.63) is 48.6 Å². The second-order valence-electron chi connectivity index (χ2n) is 3.31. The van der Waals surface area contributed by atoms with Crippen LogP contribution < -0.4 is 16.4 Å². The van der Waals surface area contributed by atoms with E-state index in [1.807, 2.05) is 30.3 Å². The fourth-order valence-electron chi connectivity index (χ4n) is 1.12. The highest BCUT2D eigenvalue weighted by molar-refractivity contribution is 5.95. The van der Waals surface area contributed by atoms with E-state index in [0.29, 0.717) is 13.1 Å². The number of benzene rings is 1. The number of aliphatic imine (C=N–C) groups is 1. The van der Waals surface area contributed by atoms with Crippen molar-refractivity contribution in [2.45, 2.75) is 6.54 Å². The Morgan fingerprint density at radius 3 is 2.67 bits per heavy atom. The van der Waals surface area contributed by atoms with Crippen molar-refractivity contribution in [1.82, 2.24) is 10.6 Å². The van der Waals surface area contributed by atoms with Crippen molar-refractivity contribution in [2.75, 3.05) is 6.54 Å². The summed E-state index contributed by atoms with van der Waals surface area (Å²) >= 11 is 0. The van der Waals surface area contributed by atoms with Crippen LogP contribution in [0.1, 0.15) is 5.56 Å². The summed E-state index contributed by atoms with van der Waals surface area (Å²) in [6.07, 6.45) is 1.58. The number of carbonyl (C=O) groups excluding carboxylic acids is 1. The van der Waals surface area contributed by atoms with Crippen molar-refractivity contribution in [1.29, 1.82) is 0 Å². The molecule has 6 heteroatoms. The Kier molecular flexibility index (Phi) is 8.05. The molecule has 1 aromatic rings. The van der Waals surface area contributed by atoms with Gasteiger partial charge in [-0.05, 0) is 5.56 Å². The molecule has 0 spiro atoms. The first-order chi connectivity index (χ1) is 8.22. The lowest BCUT2D eigenvalue weighted by Crippen LogP contribution is -2.43. The minimum atomic E-state index is -0.390. The van der Waals surface area contributed by atoms with Crippen molar-refractivity contribution in [3.8, 4) is 0 Å². The Labute approximate surface area is 113 Å². The van der Waals surface area contributed by atoms with E-state index in [0.717, 1.165) is 5.56 Å². The van der Waals surface area contributed by atoms with Gasteiger partial charge < -0.3 is 11.1 Å². The third kappa shape index (κ3) is 6.55. The first-order valence-electron chi connectivity index (χ1n) is 5.22. The monoisotopic (exact) mass is 268 g/mol. The van der Waals surface area contributed by atoms with Crippen LogP contribution in [0.15, 0.2) is 48.0 Å². The van der Waals surface area contributed by atoms with Crippen LogP contribution in [0, 0.1) is 0 Å². The maximum absolute atomic E-state index is 11.2. The van der Waals surface area contributed by atoms with Crippen molar-refractivity contribution < 1.29 is 4.79 Å². The number of hydrogen-bond acceptors (Lipinski definition) is 2. The lowest BCUT2D eigenvalue weighted by molar-refractivity contribution is 0.246. The maximum atomic E-state index is 11.2. The van der Waals surface area contributed by atoms with Gasteiger partial charge in [0.15, 0.2) is 5.96 Å². The number of nitrogens with two attached hydrogens (primary N) is 1. The van der Waals surface area contributed by atoms with Crippen LogP contribution in [0.4, 0.5) is 4.79 Å². The number of nitrogens with one attached hydrogen (secondary N) is 2. The van der Waals surface area contributed by atoms with E-state index >= 15 is 0 Å². The Balaban J connectivity index is 0.00000289. The highest BCUT2D eigenvalue weighted by atomic mass is 35.5. The Bertz CT molecular complexity index is 406. The lowest BCUT2D eigenvalue weighted by atomic mass is 10.2. The topological polar surface area (TPSA) is 79.5 Å². The fourth-order valence-corrected chi connectivity index (χ4v) is 1.12. The van der Waals surface area contributed by atoms with E-state index in [9.17, 15) is 4.79 Å². The van der Waals surface area contributed by atoms with Crippen LogP contribution in [0.25, 0.3) is 0 Å². The molecule has 0 saturated carbocycles. The van der Waals surface area contributed by atoms with Gasteiger partial charge in [0, 0.05) is 6.54 Å². The van der Waals surface area contributed by atoms with Crippen LogP contribution in [0.5, 0.6) is 0 Å². The average molecular weight is 269 g/mol. The van der Waals surface area contributed by atoms with Crippen LogP contribution >= 0.6 is 12.4 Å². The summed E-state index contributed by atoms with van der Waals surface area (Å²) in [6, 6.07) is 9.26. The van der Waals surface area contributed by atoms with Gasteiger partial charge in [0.25, 0.3) is 0 Å². The molecule has 0 saturated heterocycles. The molecule has 0 fully saturated rings. The molecule has 0 aliphatic carbocycles. The molecule has 0 unspecified atom stereocenters. The second kappa shape index (κ2) is 9.07. The smallest absolute Gasteiger partial charge is 0.321 e. The first-order valence-corrected chi connectivity index (χ1v) is 5.22. The van der Waals surface area contributed by atoms with E-state index in [-0.39, 0.29) is 24.4 Å². The molecule has 5 nitrogen and oxygen atoms in total. The van der Waals surface area contributed by atoms with Gasteiger partial charge in [-0.1, -0.05) is 36.4 Å². The molecule has 0 radical (unpaired) electrons. The Hall–Kier alpha value is -2.01. The molecule has 0 aliphatic rings. The number of halogens is 1. The molecule has 4 N–H and O–H groups in total. The van der Waals surface area contributed by atoms with Gasteiger partial charge in [-0.25, -0.2) is 9.79 Å². The summed E-state index contributed by atoms with van der Waals surface area (Å²) in [6.45, 7) is 4.31. The van der Waals surface area contributed by atoms with Gasteiger partial charge in [0.2, 0.25) is 0 Å². The number of hydrogen-bond donors (Lipinski definition) is 3. The predicted octanol–water partition coefficient (Wildman–Crippen LogP) is 1.41. The number of carbonyl (C=O) groups is 1. The molecule has 18 heavy (non-hydrogen) atoms. The van der Waals surface area contributed by atoms with Gasteiger partial charge in [-0.3, -0.25) is 5.32 Å². The zero-order valence-corrected chi connectivity index (χ0v) is 10.7. The van der Waals surface area contributed by atoms with Gasteiger partial charge >= 0.3 is 6.03 Å². The van der Waals surface area contributed by atoms with Crippen LogP contribution in [0.2, 0.25) is 0 Å². The van der Waals surface area contributed by atoms with Crippen molar-refractivity contribution in [3.63, 3.8) is 0 Å². The minimum absolute atomic E-state index is 0. The van der Waals surface area contributed by atoms with Crippen LogP contribution in [0.3, 0.4) is 0 Å². The number of rotatable bonds is 4. The largest absolute Gasteiger partial charge is 0.370 e. The van der Waals surface area contributed by atoms with E-state index in [4.69, 9.17) is 5.73 Å². The zero-order valence-electron chi connectivity index (χ0n) is 9.93. The van der Waals surface area contributed by atoms with Gasteiger partial charge in [0.1, 0.15) is 0 Å². The molecule has 0 heterocycles. The van der Waals surface area contributed by atoms with Crippen molar-refractivity contribution in [2.24, 2.45) is 10.7 Å². The van der Waals surface area contributed by atoms with E-state index in [1.165, 1.54) is 0 Å². The number of amides is 2.